The van der Waals surface area contributed by atoms with Gasteiger partial charge in [-0.25, -0.2) is 4.98 Å². The number of hydrogen-bond acceptors (Lipinski definition) is 1. The Morgan fingerprint density at radius 1 is 1.22 bits per heavy atom. The van der Waals surface area contributed by atoms with Gasteiger partial charge in [0, 0.05) is 28.4 Å². The smallest absolute Gasteiger partial charge is 0.138 e. The summed E-state index contributed by atoms with van der Waals surface area (Å²) in [6, 6.07) is 12.3. The average Bonchev–Trinajstić information content (AvgIpc) is 2.82. The molecule has 2 nitrogen and oxygen atoms in total. The molecule has 3 aromatic rings. The van der Waals surface area contributed by atoms with Crippen LogP contribution in [0.2, 0.25) is 5.15 Å². The molecule has 0 saturated heterocycles. The van der Waals surface area contributed by atoms with Gasteiger partial charge in [-0.1, -0.05) is 30.7 Å². The van der Waals surface area contributed by atoms with E-state index in [0.29, 0.717) is 5.15 Å². The Bertz CT molecular complexity index is 701. The number of hydrogen-bond donors (Lipinski definition) is 1. The van der Waals surface area contributed by atoms with Gasteiger partial charge in [0.25, 0.3) is 0 Å². The summed E-state index contributed by atoms with van der Waals surface area (Å²) in [7, 11) is 0. The second-order valence-corrected chi connectivity index (χ2v) is 4.61. The standard InChI is InChI=1S/C15H13ClN2/c1-2-10-5-3-7-13-12(10)9-14(18-13)11-6-4-8-17-15(11)16/h3-9,18H,2H2,1H3. The monoisotopic (exact) mass is 256 g/mol. The van der Waals surface area contributed by atoms with Gasteiger partial charge < -0.3 is 4.98 Å². The van der Waals surface area contributed by atoms with Crippen LogP contribution in [0, 0.1) is 0 Å². The van der Waals surface area contributed by atoms with Gasteiger partial charge in [0.2, 0.25) is 0 Å². The Morgan fingerprint density at radius 2 is 2.11 bits per heavy atom. The van der Waals surface area contributed by atoms with Crippen molar-refractivity contribution in [3.8, 4) is 11.3 Å². The summed E-state index contributed by atoms with van der Waals surface area (Å²) < 4.78 is 0. The SMILES string of the molecule is CCc1cccc2[nH]c(-c3cccnc3Cl)cc12. The molecule has 0 bridgehead atoms. The molecular weight excluding hydrogens is 244 g/mol. The molecule has 0 radical (unpaired) electrons. The van der Waals surface area contributed by atoms with Crippen LogP contribution in [0.5, 0.6) is 0 Å². The number of benzene rings is 1. The largest absolute Gasteiger partial charge is 0.354 e. The molecule has 18 heavy (non-hydrogen) atoms. The summed E-state index contributed by atoms with van der Waals surface area (Å²) in [6.45, 7) is 2.17. The van der Waals surface area contributed by atoms with Gasteiger partial charge in [-0.05, 0) is 36.2 Å². The van der Waals surface area contributed by atoms with Crippen LogP contribution in [0.4, 0.5) is 0 Å². The van der Waals surface area contributed by atoms with Crippen molar-refractivity contribution in [2.75, 3.05) is 0 Å². The molecular formula is C15H13ClN2. The van der Waals surface area contributed by atoms with Gasteiger partial charge in [0.1, 0.15) is 5.15 Å². The zero-order valence-corrected chi connectivity index (χ0v) is 10.8. The van der Waals surface area contributed by atoms with Crippen molar-refractivity contribution in [2.24, 2.45) is 0 Å². The fourth-order valence-corrected chi connectivity index (χ4v) is 2.48. The molecule has 3 heteroatoms. The Kier molecular flexibility index (Phi) is 2.80. The Hall–Kier alpha value is -1.80. The van der Waals surface area contributed by atoms with Crippen LogP contribution in [0.3, 0.4) is 0 Å². The fourth-order valence-electron chi connectivity index (χ4n) is 2.26. The van der Waals surface area contributed by atoms with E-state index >= 15 is 0 Å². The number of halogens is 1. The van der Waals surface area contributed by atoms with Crippen molar-refractivity contribution in [2.45, 2.75) is 13.3 Å². The summed E-state index contributed by atoms with van der Waals surface area (Å²) >= 11 is 6.13. The van der Waals surface area contributed by atoms with E-state index in [1.54, 1.807) is 6.20 Å². The number of aromatic nitrogens is 2. The minimum Gasteiger partial charge on any atom is -0.354 e. The van der Waals surface area contributed by atoms with Crippen molar-refractivity contribution in [3.05, 3.63) is 53.3 Å². The van der Waals surface area contributed by atoms with Crippen LogP contribution in [-0.4, -0.2) is 9.97 Å². The first-order valence-electron chi connectivity index (χ1n) is 6.01. The number of aromatic amines is 1. The predicted molar refractivity (Wildman–Crippen MR) is 75.9 cm³/mol. The first-order valence-corrected chi connectivity index (χ1v) is 6.39. The Morgan fingerprint density at radius 3 is 2.89 bits per heavy atom. The van der Waals surface area contributed by atoms with E-state index in [4.69, 9.17) is 11.6 Å². The molecule has 0 unspecified atom stereocenters. The van der Waals surface area contributed by atoms with Crippen LogP contribution in [0.15, 0.2) is 42.6 Å². The number of pyridine rings is 1. The molecule has 0 aliphatic rings. The molecule has 1 N–H and O–H groups in total. The number of aryl methyl sites for hydroxylation is 1. The Balaban J connectivity index is 2.23. The van der Waals surface area contributed by atoms with Crippen LogP contribution in [0.1, 0.15) is 12.5 Å². The van der Waals surface area contributed by atoms with E-state index in [1.165, 1.54) is 10.9 Å². The van der Waals surface area contributed by atoms with Crippen molar-refractivity contribution in [1.82, 2.24) is 9.97 Å². The highest BCUT2D eigenvalue weighted by atomic mass is 35.5. The van der Waals surface area contributed by atoms with Gasteiger partial charge in [-0.2, -0.15) is 0 Å². The van der Waals surface area contributed by atoms with Crippen LogP contribution in [-0.2, 0) is 6.42 Å². The number of fused-ring (bicyclic) bond motifs is 1. The van der Waals surface area contributed by atoms with E-state index in [-0.39, 0.29) is 0 Å². The maximum atomic E-state index is 6.13. The first-order chi connectivity index (χ1) is 8.79. The average molecular weight is 257 g/mol. The summed E-state index contributed by atoms with van der Waals surface area (Å²) in [5, 5.41) is 1.79. The second kappa shape index (κ2) is 4.46. The number of H-pyrrole nitrogens is 1. The molecule has 0 saturated carbocycles. The zero-order chi connectivity index (χ0) is 12.5. The first kappa shape index (κ1) is 11.3. The number of rotatable bonds is 2. The molecule has 0 fully saturated rings. The van der Waals surface area contributed by atoms with E-state index in [9.17, 15) is 0 Å². The quantitative estimate of drug-likeness (QED) is 0.675. The third-order valence-corrected chi connectivity index (χ3v) is 3.49. The zero-order valence-electron chi connectivity index (χ0n) is 10.1. The number of nitrogens with one attached hydrogen (secondary N) is 1. The maximum Gasteiger partial charge on any atom is 0.138 e. The molecule has 1 aromatic carbocycles. The minimum atomic E-state index is 0.530. The molecule has 0 amide bonds. The van der Waals surface area contributed by atoms with Crippen molar-refractivity contribution in [3.63, 3.8) is 0 Å². The summed E-state index contributed by atoms with van der Waals surface area (Å²) in [6.07, 6.45) is 2.72. The Labute approximate surface area is 111 Å². The molecule has 2 aromatic heterocycles. The molecule has 90 valence electrons. The van der Waals surface area contributed by atoms with E-state index < -0.39 is 0 Å². The van der Waals surface area contributed by atoms with E-state index in [1.807, 2.05) is 12.1 Å². The van der Waals surface area contributed by atoms with E-state index in [0.717, 1.165) is 23.2 Å². The third kappa shape index (κ3) is 1.79. The normalized spacial score (nSPS) is 11.0. The summed E-state index contributed by atoms with van der Waals surface area (Å²) in [5.41, 5.74) is 4.45. The van der Waals surface area contributed by atoms with Crippen LogP contribution < -0.4 is 0 Å². The lowest BCUT2D eigenvalue weighted by molar-refractivity contribution is 1.16. The molecule has 0 aliphatic heterocycles. The van der Waals surface area contributed by atoms with Crippen molar-refractivity contribution >= 4 is 22.5 Å². The van der Waals surface area contributed by atoms with Crippen LogP contribution in [0.25, 0.3) is 22.2 Å². The van der Waals surface area contributed by atoms with Gasteiger partial charge in [0.15, 0.2) is 0 Å². The fraction of sp³-hybridized carbons (Fsp3) is 0.133. The van der Waals surface area contributed by atoms with Gasteiger partial charge >= 0.3 is 0 Å². The second-order valence-electron chi connectivity index (χ2n) is 4.26. The minimum absolute atomic E-state index is 0.530. The van der Waals surface area contributed by atoms with Gasteiger partial charge in [-0.3, -0.25) is 0 Å². The summed E-state index contributed by atoms with van der Waals surface area (Å²) in [5.74, 6) is 0. The maximum absolute atomic E-state index is 6.13. The molecule has 0 spiro atoms. The molecule has 0 aliphatic carbocycles. The van der Waals surface area contributed by atoms with Crippen molar-refractivity contribution < 1.29 is 0 Å². The molecule has 2 heterocycles. The lowest BCUT2D eigenvalue weighted by Gasteiger charge is -1.98. The highest BCUT2D eigenvalue weighted by Crippen LogP contribution is 2.29. The lowest BCUT2D eigenvalue weighted by atomic mass is 10.1. The van der Waals surface area contributed by atoms with E-state index in [2.05, 4.69) is 41.2 Å². The van der Waals surface area contributed by atoms with Crippen LogP contribution >= 0.6 is 11.6 Å². The van der Waals surface area contributed by atoms with Gasteiger partial charge in [-0.15, -0.1) is 0 Å². The molecule has 3 rings (SSSR count). The molecule has 0 atom stereocenters. The van der Waals surface area contributed by atoms with Gasteiger partial charge in [0.05, 0.1) is 0 Å². The highest BCUT2D eigenvalue weighted by molar-refractivity contribution is 6.32. The topological polar surface area (TPSA) is 28.7 Å². The number of nitrogens with zero attached hydrogens (tertiary/aromatic N) is 1. The third-order valence-electron chi connectivity index (χ3n) is 3.18. The highest BCUT2D eigenvalue weighted by Gasteiger charge is 2.08. The summed E-state index contributed by atoms with van der Waals surface area (Å²) in [4.78, 5) is 7.52. The lowest BCUT2D eigenvalue weighted by Crippen LogP contribution is -1.81. The predicted octanol–water partition coefficient (Wildman–Crippen LogP) is 4.45. The van der Waals surface area contributed by atoms with Crippen molar-refractivity contribution in [1.29, 1.82) is 0 Å².